The fraction of sp³-hybridized carbons (Fsp3) is 0.167. The third-order valence-corrected chi connectivity index (χ3v) is 4.43. The lowest BCUT2D eigenvalue weighted by Crippen LogP contribution is -2.15. The van der Waals surface area contributed by atoms with Gasteiger partial charge in [0.2, 0.25) is 5.91 Å². The maximum absolute atomic E-state index is 12.5. The zero-order valence-electron chi connectivity index (χ0n) is 16.7. The number of ketones is 1. The van der Waals surface area contributed by atoms with E-state index >= 15 is 0 Å². The molecule has 5 nitrogen and oxygen atoms in total. The molecule has 0 aliphatic rings. The highest BCUT2D eigenvalue weighted by Crippen LogP contribution is 2.24. The Hall–Kier alpha value is -3.60. The van der Waals surface area contributed by atoms with E-state index in [1.807, 2.05) is 31.2 Å². The number of anilines is 1. The predicted octanol–water partition coefficient (Wildman–Crippen LogP) is 5.18. The molecule has 0 aliphatic heterocycles. The summed E-state index contributed by atoms with van der Waals surface area (Å²) in [5.41, 5.74) is 3.04. The van der Waals surface area contributed by atoms with E-state index in [0.717, 1.165) is 5.75 Å². The number of Topliss-reactive ketones (excluding diaryl/α,β-unsaturated/α-hetero) is 1. The molecule has 0 radical (unpaired) electrons. The maximum Gasteiger partial charge on any atom is 0.228 e. The summed E-state index contributed by atoms with van der Waals surface area (Å²) in [6.07, 6.45) is 0.103. The van der Waals surface area contributed by atoms with Crippen molar-refractivity contribution in [2.45, 2.75) is 20.3 Å². The fourth-order valence-electron chi connectivity index (χ4n) is 2.86. The molecule has 1 amide bonds. The Bertz CT molecular complexity index is 1010. The number of aryl methyl sites for hydroxylation is 1. The van der Waals surface area contributed by atoms with Crippen LogP contribution >= 0.6 is 0 Å². The zero-order valence-corrected chi connectivity index (χ0v) is 16.7. The molecule has 0 spiro atoms. The Morgan fingerprint density at radius 2 is 1.52 bits per heavy atom. The third-order valence-electron chi connectivity index (χ3n) is 4.43. The Labute approximate surface area is 170 Å². The summed E-state index contributed by atoms with van der Waals surface area (Å²) < 4.78 is 11.1. The van der Waals surface area contributed by atoms with Crippen LogP contribution in [0.3, 0.4) is 0 Å². The lowest BCUT2D eigenvalue weighted by atomic mass is 10.0. The summed E-state index contributed by atoms with van der Waals surface area (Å²) in [4.78, 5) is 24.1. The molecule has 29 heavy (non-hydrogen) atoms. The molecule has 0 aromatic heterocycles. The zero-order chi connectivity index (χ0) is 20.8. The van der Waals surface area contributed by atoms with Crippen molar-refractivity contribution < 1.29 is 19.1 Å². The highest BCUT2D eigenvalue weighted by atomic mass is 16.5. The van der Waals surface area contributed by atoms with E-state index < -0.39 is 0 Å². The largest absolute Gasteiger partial charge is 0.496 e. The molecule has 0 bridgehead atoms. The normalized spacial score (nSPS) is 10.3. The van der Waals surface area contributed by atoms with E-state index in [1.165, 1.54) is 19.6 Å². The minimum absolute atomic E-state index is 0.0570. The smallest absolute Gasteiger partial charge is 0.228 e. The van der Waals surface area contributed by atoms with Crippen molar-refractivity contribution in [1.82, 2.24) is 0 Å². The van der Waals surface area contributed by atoms with Crippen LogP contribution in [0.25, 0.3) is 0 Å². The van der Waals surface area contributed by atoms with Gasteiger partial charge in [0.1, 0.15) is 17.2 Å². The molecule has 0 atom stereocenters. The second-order valence-electron chi connectivity index (χ2n) is 6.75. The van der Waals surface area contributed by atoms with Crippen molar-refractivity contribution >= 4 is 17.4 Å². The number of nitrogens with one attached hydrogen (secondary N) is 1. The Morgan fingerprint density at radius 3 is 2.10 bits per heavy atom. The first-order valence-electron chi connectivity index (χ1n) is 9.27. The number of carbonyl (C=O) groups excluding carboxylic acids is 2. The molecule has 1 N–H and O–H groups in total. The van der Waals surface area contributed by atoms with Gasteiger partial charge in [0.25, 0.3) is 0 Å². The lowest BCUT2D eigenvalue weighted by Gasteiger charge is -2.11. The van der Waals surface area contributed by atoms with Crippen LogP contribution in [0.5, 0.6) is 17.2 Å². The second kappa shape index (κ2) is 9.06. The highest BCUT2D eigenvalue weighted by Gasteiger charge is 2.12. The minimum atomic E-state index is -0.198. The van der Waals surface area contributed by atoms with Crippen LogP contribution in [0.15, 0.2) is 66.7 Å². The molecule has 3 aromatic carbocycles. The van der Waals surface area contributed by atoms with Gasteiger partial charge >= 0.3 is 0 Å². The Balaban J connectivity index is 1.64. The molecule has 0 unspecified atom stereocenters. The first-order chi connectivity index (χ1) is 13.9. The van der Waals surface area contributed by atoms with Crippen molar-refractivity contribution in [1.29, 1.82) is 0 Å². The summed E-state index contributed by atoms with van der Waals surface area (Å²) in [5, 5.41) is 2.85. The SMILES string of the molecule is COc1ccc(C(C)=O)cc1CC(=O)Nc1ccc(Oc2ccc(C)cc2)cc1. The molecule has 0 aliphatic carbocycles. The standard InChI is InChI=1S/C24H23NO4/c1-16-4-9-21(10-5-16)29-22-11-7-20(8-12-22)25-24(27)15-19-14-18(17(2)26)6-13-23(19)28-3/h4-14H,15H2,1-3H3,(H,25,27). The number of amides is 1. The monoisotopic (exact) mass is 389 g/mol. The summed E-state index contributed by atoms with van der Waals surface area (Å²) in [7, 11) is 1.54. The number of rotatable bonds is 7. The van der Waals surface area contributed by atoms with Gasteiger partial charge in [-0.1, -0.05) is 17.7 Å². The van der Waals surface area contributed by atoms with E-state index in [2.05, 4.69) is 5.32 Å². The van der Waals surface area contributed by atoms with Crippen molar-refractivity contribution in [2.75, 3.05) is 12.4 Å². The molecule has 0 fully saturated rings. The van der Waals surface area contributed by atoms with Gasteiger partial charge in [-0.25, -0.2) is 0 Å². The van der Waals surface area contributed by atoms with Gasteiger partial charge in [0.05, 0.1) is 13.5 Å². The van der Waals surface area contributed by atoms with Crippen molar-refractivity contribution in [3.8, 4) is 17.2 Å². The third kappa shape index (κ3) is 5.45. The highest BCUT2D eigenvalue weighted by molar-refractivity contribution is 5.96. The minimum Gasteiger partial charge on any atom is -0.496 e. The Morgan fingerprint density at radius 1 is 0.897 bits per heavy atom. The molecule has 0 saturated heterocycles. The summed E-state index contributed by atoms with van der Waals surface area (Å²) in [6, 6.07) is 20.0. The second-order valence-corrected chi connectivity index (χ2v) is 6.75. The van der Waals surface area contributed by atoms with Crippen LogP contribution in [-0.2, 0) is 11.2 Å². The van der Waals surface area contributed by atoms with Gasteiger partial charge in [-0.2, -0.15) is 0 Å². The molecule has 5 heteroatoms. The van der Waals surface area contributed by atoms with Crippen LogP contribution in [0, 0.1) is 6.92 Å². The summed E-state index contributed by atoms with van der Waals surface area (Å²) >= 11 is 0. The number of ether oxygens (including phenoxy) is 2. The van der Waals surface area contributed by atoms with Crippen LogP contribution in [0.4, 0.5) is 5.69 Å². The van der Waals surface area contributed by atoms with Crippen LogP contribution in [0.2, 0.25) is 0 Å². The van der Waals surface area contributed by atoms with E-state index in [0.29, 0.717) is 28.3 Å². The quantitative estimate of drug-likeness (QED) is 0.566. The van der Waals surface area contributed by atoms with Crippen molar-refractivity contribution in [3.63, 3.8) is 0 Å². The molecular weight excluding hydrogens is 366 g/mol. The summed E-state index contributed by atoms with van der Waals surface area (Å²) in [5.74, 6) is 1.76. The molecule has 3 rings (SSSR count). The molecule has 3 aromatic rings. The molecular formula is C24H23NO4. The predicted molar refractivity (Wildman–Crippen MR) is 113 cm³/mol. The van der Waals surface area contributed by atoms with Crippen LogP contribution in [-0.4, -0.2) is 18.8 Å². The number of hydrogen-bond acceptors (Lipinski definition) is 4. The Kier molecular flexibility index (Phi) is 6.29. The number of methoxy groups -OCH3 is 1. The average Bonchev–Trinajstić information content (AvgIpc) is 2.71. The maximum atomic E-state index is 12.5. The van der Waals surface area contributed by atoms with Crippen LogP contribution < -0.4 is 14.8 Å². The first kappa shape index (κ1) is 20.1. The topological polar surface area (TPSA) is 64.6 Å². The molecule has 0 saturated carbocycles. The van der Waals surface area contributed by atoms with E-state index in [4.69, 9.17) is 9.47 Å². The van der Waals surface area contributed by atoms with Crippen molar-refractivity contribution in [3.05, 3.63) is 83.4 Å². The average molecular weight is 389 g/mol. The summed E-state index contributed by atoms with van der Waals surface area (Å²) in [6.45, 7) is 3.51. The van der Waals surface area contributed by atoms with E-state index in [9.17, 15) is 9.59 Å². The molecule has 0 heterocycles. The molecule has 148 valence electrons. The number of carbonyl (C=O) groups is 2. The van der Waals surface area contributed by atoms with Gasteiger partial charge in [-0.15, -0.1) is 0 Å². The van der Waals surface area contributed by atoms with Gasteiger partial charge in [-0.05, 0) is 68.4 Å². The lowest BCUT2D eigenvalue weighted by molar-refractivity contribution is -0.115. The number of hydrogen-bond donors (Lipinski definition) is 1. The van der Waals surface area contributed by atoms with E-state index in [-0.39, 0.29) is 18.1 Å². The van der Waals surface area contributed by atoms with Gasteiger partial charge < -0.3 is 14.8 Å². The van der Waals surface area contributed by atoms with Gasteiger partial charge in [-0.3, -0.25) is 9.59 Å². The van der Waals surface area contributed by atoms with E-state index in [1.54, 1.807) is 42.5 Å². The fourth-order valence-corrected chi connectivity index (χ4v) is 2.86. The van der Waals surface area contributed by atoms with Gasteiger partial charge in [0, 0.05) is 16.8 Å². The van der Waals surface area contributed by atoms with Gasteiger partial charge in [0.15, 0.2) is 5.78 Å². The number of benzene rings is 3. The van der Waals surface area contributed by atoms with Crippen LogP contribution in [0.1, 0.15) is 28.4 Å². The first-order valence-corrected chi connectivity index (χ1v) is 9.27. The van der Waals surface area contributed by atoms with Crippen molar-refractivity contribution in [2.24, 2.45) is 0 Å².